The summed E-state index contributed by atoms with van der Waals surface area (Å²) in [5.74, 6) is 0. The van der Waals surface area contributed by atoms with Gasteiger partial charge in [-0.2, -0.15) is 0 Å². The number of ether oxygens (including phenoxy) is 1. The van der Waals surface area contributed by atoms with E-state index < -0.39 is 0 Å². The van der Waals surface area contributed by atoms with Crippen molar-refractivity contribution in [2.45, 2.75) is 38.8 Å². The molecule has 3 aromatic rings. The van der Waals surface area contributed by atoms with Gasteiger partial charge in [-0.05, 0) is 67.6 Å². The first-order valence-corrected chi connectivity index (χ1v) is 11.3. The molecule has 1 fully saturated rings. The Morgan fingerprint density at radius 3 is 2.84 bits per heavy atom. The van der Waals surface area contributed by atoms with E-state index in [0.29, 0.717) is 23.8 Å². The zero-order valence-electron chi connectivity index (χ0n) is 17.9. The van der Waals surface area contributed by atoms with Crippen molar-refractivity contribution in [3.05, 3.63) is 81.6 Å². The number of fused-ring (bicyclic) bond motifs is 1. The van der Waals surface area contributed by atoms with E-state index in [1.54, 1.807) is 0 Å². The molecule has 2 aromatic carbocycles. The molecule has 1 saturated heterocycles. The molecule has 4 rings (SSSR count). The predicted molar refractivity (Wildman–Crippen MR) is 129 cm³/mol. The quantitative estimate of drug-likeness (QED) is 0.551. The van der Waals surface area contributed by atoms with Crippen LogP contribution in [-0.4, -0.2) is 40.8 Å². The average molecular weight is 436 g/mol. The maximum absolute atomic E-state index is 12.7. The van der Waals surface area contributed by atoms with Crippen LogP contribution in [0.25, 0.3) is 10.9 Å². The fraction of sp³-hybridized carbons (Fsp3) is 0.360. The second-order valence-electron chi connectivity index (χ2n) is 8.20. The smallest absolute Gasteiger partial charge is 0.253 e. The number of hydrogen-bond donors (Lipinski definition) is 2. The zero-order valence-corrected chi connectivity index (χ0v) is 18.7. The fourth-order valence-corrected chi connectivity index (χ4v) is 4.26. The van der Waals surface area contributed by atoms with Gasteiger partial charge in [0.05, 0.1) is 12.6 Å². The van der Waals surface area contributed by atoms with E-state index in [-0.39, 0.29) is 11.7 Å². The molecule has 5 nitrogen and oxygen atoms in total. The van der Waals surface area contributed by atoms with Gasteiger partial charge in [0.25, 0.3) is 5.56 Å². The molecule has 0 bridgehead atoms. The van der Waals surface area contributed by atoms with Gasteiger partial charge in [0.2, 0.25) is 0 Å². The summed E-state index contributed by atoms with van der Waals surface area (Å²) in [4.78, 5) is 17.8. The standard InChI is InChI=1S/C25H29N3O2S/c1-18-9-10-23-20(14-18)15-21(24(29)27-23)16-28(17-22-8-5-13-30-22)25(31)26-12-11-19-6-3-2-4-7-19/h2-4,6-7,9-10,14-15,22H,5,8,11-13,16-17H2,1H3,(H,26,31)(H,27,29)/t22-/m0/s1. The maximum atomic E-state index is 12.7. The third-order valence-corrected chi connectivity index (χ3v) is 6.11. The normalized spacial score (nSPS) is 15.8. The number of thiocarbonyl (C=S) groups is 1. The average Bonchev–Trinajstić information content (AvgIpc) is 3.28. The lowest BCUT2D eigenvalue weighted by Gasteiger charge is -2.28. The van der Waals surface area contributed by atoms with Crippen molar-refractivity contribution in [2.75, 3.05) is 19.7 Å². The van der Waals surface area contributed by atoms with E-state index in [2.05, 4.69) is 40.3 Å². The van der Waals surface area contributed by atoms with E-state index in [4.69, 9.17) is 17.0 Å². The zero-order chi connectivity index (χ0) is 21.6. The van der Waals surface area contributed by atoms with Crippen LogP contribution < -0.4 is 10.9 Å². The lowest BCUT2D eigenvalue weighted by Crippen LogP contribution is -2.44. The molecule has 0 amide bonds. The third kappa shape index (κ3) is 5.71. The summed E-state index contributed by atoms with van der Waals surface area (Å²) >= 11 is 5.73. The summed E-state index contributed by atoms with van der Waals surface area (Å²) < 4.78 is 5.85. The molecule has 1 atom stereocenters. The summed E-state index contributed by atoms with van der Waals surface area (Å²) in [6.45, 7) is 4.74. The second-order valence-corrected chi connectivity index (χ2v) is 8.58. The molecule has 0 aliphatic carbocycles. The molecule has 0 radical (unpaired) electrons. The molecule has 1 aliphatic rings. The van der Waals surface area contributed by atoms with Crippen LogP contribution in [0.3, 0.4) is 0 Å². The summed E-state index contributed by atoms with van der Waals surface area (Å²) in [5.41, 5.74) is 3.93. The van der Waals surface area contributed by atoms with Gasteiger partial charge < -0.3 is 19.9 Å². The van der Waals surface area contributed by atoms with Crippen LogP contribution in [0.5, 0.6) is 0 Å². The van der Waals surface area contributed by atoms with Crippen LogP contribution in [0.2, 0.25) is 0 Å². The van der Waals surface area contributed by atoms with Crippen molar-refractivity contribution in [1.29, 1.82) is 0 Å². The Hall–Kier alpha value is -2.70. The topological polar surface area (TPSA) is 57.4 Å². The van der Waals surface area contributed by atoms with Gasteiger partial charge in [0.15, 0.2) is 5.11 Å². The predicted octanol–water partition coefficient (Wildman–Crippen LogP) is 3.93. The Labute approximate surface area is 188 Å². The first-order valence-electron chi connectivity index (χ1n) is 10.9. The van der Waals surface area contributed by atoms with Gasteiger partial charge in [-0.15, -0.1) is 0 Å². The Morgan fingerprint density at radius 1 is 1.23 bits per heavy atom. The number of nitrogens with zero attached hydrogens (tertiary/aromatic N) is 1. The van der Waals surface area contributed by atoms with Crippen LogP contribution in [0.4, 0.5) is 0 Å². The molecule has 1 aromatic heterocycles. The first kappa shape index (κ1) is 21.5. The number of benzene rings is 2. The van der Waals surface area contributed by atoms with E-state index >= 15 is 0 Å². The van der Waals surface area contributed by atoms with Crippen LogP contribution in [0.1, 0.15) is 29.5 Å². The molecule has 1 aliphatic heterocycles. The molecule has 0 spiro atoms. The highest BCUT2D eigenvalue weighted by Crippen LogP contribution is 2.17. The first-order chi connectivity index (χ1) is 15.1. The number of aryl methyl sites for hydroxylation is 1. The van der Waals surface area contributed by atoms with Crippen molar-refractivity contribution >= 4 is 28.2 Å². The van der Waals surface area contributed by atoms with Gasteiger partial charge in [0, 0.05) is 30.8 Å². The number of aromatic nitrogens is 1. The molecule has 0 saturated carbocycles. The van der Waals surface area contributed by atoms with E-state index in [1.807, 2.05) is 36.4 Å². The Bertz CT molecular complexity index is 1090. The molecule has 31 heavy (non-hydrogen) atoms. The molecular weight excluding hydrogens is 406 g/mol. The number of H-pyrrole nitrogens is 1. The maximum Gasteiger partial charge on any atom is 0.253 e. The Kier molecular flexibility index (Phi) is 6.99. The third-order valence-electron chi connectivity index (χ3n) is 5.71. The van der Waals surface area contributed by atoms with Crippen LogP contribution >= 0.6 is 12.2 Å². The summed E-state index contributed by atoms with van der Waals surface area (Å²) in [7, 11) is 0. The highest BCUT2D eigenvalue weighted by molar-refractivity contribution is 7.80. The Morgan fingerprint density at radius 2 is 2.06 bits per heavy atom. The van der Waals surface area contributed by atoms with Crippen LogP contribution in [0, 0.1) is 6.92 Å². The second kappa shape index (κ2) is 10.1. The van der Waals surface area contributed by atoms with Gasteiger partial charge in [-0.3, -0.25) is 4.79 Å². The highest BCUT2D eigenvalue weighted by Gasteiger charge is 2.22. The molecule has 162 valence electrons. The van der Waals surface area contributed by atoms with Crippen molar-refractivity contribution in [3.8, 4) is 0 Å². The summed E-state index contributed by atoms with van der Waals surface area (Å²) in [6.07, 6.45) is 3.14. The van der Waals surface area contributed by atoms with E-state index in [0.717, 1.165) is 43.3 Å². The number of hydrogen-bond acceptors (Lipinski definition) is 3. The lowest BCUT2D eigenvalue weighted by atomic mass is 10.1. The van der Waals surface area contributed by atoms with Crippen molar-refractivity contribution in [2.24, 2.45) is 0 Å². The molecular formula is C25H29N3O2S. The van der Waals surface area contributed by atoms with E-state index in [1.165, 1.54) is 11.1 Å². The molecule has 2 heterocycles. The highest BCUT2D eigenvalue weighted by atomic mass is 32.1. The SMILES string of the molecule is Cc1ccc2[nH]c(=O)c(CN(C[C@@H]3CCCO3)C(=S)NCCc3ccccc3)cc2c1. The minimum Gasteiger partial charge on any atom is -0.376 e. The summed E-state index contributed by atoms with van der Waals surface area (Å²) in [6, 6.07) is 18.4. The molecule has 2 N–H and O–H groups in total. The molecule has 0 unspecified atom stereocenters. The van der Waals surface area contributed by atoms with Crippen molar-refractivity contribution in [3.63, 3.8) is 0 Å². The fourth-order valence-electron chi connectivity index (χ4n) is 4.02. The number of rotatable bonds is 7. The van der Waals surface area contributed by atoms with Gasteiger partial charge >= 0.3 is 0 Å². The monoisotopic (exact) mass is 435 g/mol. The molecule has 6 heteroatoms. The van der Waals surface area contributed by atoms with Crippen LogP contribution in [0.15, 0.2) is 59.4 Å². The lowest BCUT2D eigenvalue weighted by molar-refractivity contribution is 0.0897. The largest absolute Gasteiger partial charge is 0.376 e. The number of aromatic amines is 1. The van der Waals surface area contributed by atoms with Gasteiger partial charge in [-0.1, -0.05) is 42.0 Å². The van der Waals surface area contributed by atoms with Gasteiger partial charge in [-0.25, -0.2) is 0 Å². The van der Waals surface area contributed by atoms with Crippen LogP contribution in [-0.2, 0) is 17.7 Å². The minimum absolute atomic E-state index is 0.0687. The van der Waals surface area contributed by atoms with Crippen molar-refractivity contribution in [1.82, 2.24) is 15.2 Å². The van der Waals surface area contributed by atoms with Gasteiger partial charge in [0.1, 0.15) is 0 Å². The number of pyridine rings is 1. The Balaban J connectivity index is 1.49. The van der Waals surface area contributed by atoms with Crippen molar-refractivity contribution < 1.29 is 4.74 Å². The number of nitrogens with one attached hydrogen (secondary N) is 2. The summed E-state index contributed by atoms with van der Waals surface area (Å²) in [5, 5.41) is 5.08. The van der Waals surface area contributed by atoms with E-state index in [9.17, 15) is 4.79 Å². The minimum atomic E-state index is -0.0687.